The van der Waals surface area contributed by atoms with E-state index < -0.39 is 17.3 Å². The van der Waals surface area contributed by atoms with Crippen molar-refractivity contribution in [3.05, 3.63) is 59.9 Å². The van der Waals surface area contributed by atoms with Crippen LogP contribution in [0.25, 0.3) is 0 Å². The minimum absolute atomic E-state index is 0.0181. The number of alkyl halides is 1. The second-order valence-corrected chi connectivity index (χ2v) is 5.23. The summed E-state index contributed by atoms with van der Waals surface area (Å²) in [4.78, 5) is 5.61. The maximum Gasteiger partial charge on any atom is 0.190 e. The Balaban J connectivity index is 1.78. The van der Waals surface area contributed by atoms with Gasteiger partial charge in [0.05, 0.1) is 6.54 Å². The number of pyridine rings is 1. The molecule has 1 aliphatic heterocycles. The SMILES string of the molecule is Fc1cc(F)cc(N2CCC(F)(C#Cc3ccccn3)C2)c1. The summed E-state index contributed by atoms with van der Waals surface area (Å²) in [5.74, 6) is 3.96. The zero-order valence-electron chi connectivity index (χ0n) is 11.7. The Hall–Kier alpha value is -2.48. The van der Waals surface area contributed by atoms with E-state index in [0.717, 1.165) is 6.07 Å². The van der Waals surface area contributed by atoms with Crippen molar-refractivity contribution in [2.24, 2.45) is 0 Å². The molecular formula is C17H13F3N2. The number of nitrogens with zero attached hydrogens (tertiary/aromatic N) is 2. The van der Waals surface area contributed by atoms with Crippen LogP contribution in [-0.4, -0.2) is 23.7 Å². The Labute approximate surface area is 126 Å². The summed E-state index contributed by atoms with van der Waals surface area (Å²) in [6.45, 7) is 0.339. The van der Waals surface area contributed by atoms with E-state index in [4.69, 9.17) is 0 Å². The van der Waals surface area contributed by atoms with Gasteiger partial charge >= 0.3 is 0 Å². The molecular weight excluding hydrogens is 289 g/mol. The van der Waals surface area contributed by atoms with Crippen LogP contribution in [0.5, 0.6) is 0 Å². The van der Waals surface area contributed by atoms with E-state index in [0.29, 0.717) is 17.9 Å². The first kappa shape index (κ1) is 14.5. The van der Waals surface area contributed by atoms with Crippen LogP contribution in [0.2, 0.25) is 0 Å². The van der Waals surface area contributed by atoms with E-state index in [1.807, 2.05) is 0 Å². The fourth-order valence-electron chi connectivity index (χ4n) is 2.43. The quantitative estimate of drug-likeness (QED) is 0.751. The van der Waals surface area contributed by atoms with Crippen molar-refractivity contribution in [3.8, 4) is 11.8 Å². The summed E-state index contributed by atoms with van der Waals surface area (Å²) in [7, 11) is 0. The number of aromatic nitrogens is 1. The summed E-state index contributed by atoms with van der Waals surface area (Å²) >= 11 is 0. The summed E-state index contributed by atoms with van der Waals surface area (Å²) in [6.07, 6.45) is 1.77. The van der Waals surface area contributed by atoms with Crippen LogP contribution in [0.1, 0.15) is 12.1 Å². The summed E-state index contributed by atoms with van der Waals surface area (Å²) in [6, 6.07) is 8.42. The van der Waals surface area contributed by atoms with Crippen molar-refractivity contribution in [2.75, 3.05) is 18.0 Å². The number of rotatable bonds is 1. The second-order valence-electron chi connectivity index (χ2n) is 5.23. The van der Waals surface area contributed by atoms with Gasteiger partial charge in [0.2, 0.25) is 0 Å². The Morgan fingerprint density at radius 2 is 1.91 bits per heavy atom. The smallest absolute Gasteiger partial charge is 0.190 e. The molecule has 0 bridgehead atoms. The molecule has 0 radical (unpaired) electrons. The Kier molecular flexibility index (Phi) is 3.76. The van der Waals surface area contributed by atoms with Gasteiger partial charge in [0.15, 0.2) is 5.67 Å². The molecule has 3 rings (SSSR count). The molecule has 0 amide bonds. The van der Waals surface area contributed by atoms with Gasteiger partial charge in [-0.3, -0.25) is 0 Å². The zero-order chi connectivity index (χ0) is 15.6. The first-order valence-electron chi connectivity index (χ1n) is 6.88. The van der Waals surface area contributed by atoms with Crippen LogP contribution in [0.4, 0.5) is 18.9 Å². The van der Waals surface area contributed by atoms with E-state index in [1.54, 1.807) is 29.3 Å². The third-order valence-corrected chi connectivity index (χ3v) is 3.51. The Morgan fingerprint density at radius 3 is 2.59 bits per heavy atom. The molecule has 1 atom stereocenters. The fraction of sp³-hybridized carbons (Fsp3) is 0.235. The molecule has 2 aromatic rings. The number of benzene rings is 1. The predicted molar refractivity (Wildman–Crippen MR) is 78.1 cm³/mol. The van der Waals surface area contributed by atoms with Gasteiger partial charge in [0, 0.05) is 30.9 Å². The topological polar surface area (TPSA) is 16.1 Å². The van der Waals surface area contributed by atoms with Gasteiger partial charge < -0.3 is 4.90 Å². The number of halogens is 3. The van der Waals surface area contributed by atoms with Crippen molar-refractivity contribution < 1.29 is 13.2 Å². The van der Waals surface area contributed by atoms with Crippen LogP contribution in [0, 0.1) is 23.5 Å². The molecule has 2 nitrogen and oxygen atoms in total. The average molecular weight is 302 g/mol. The van der Waals surface area contributed by atoms with E-state index in [2.05, 4.69) is 16.8 Å². The maximum absolute atomic E-state index is 14.7. The van der Waals surface area contributed by atoms with Gasteiger partial charge in [-0.1, -0.05) is 12.0 Å². The largest absolute Gasteiger partial charge is 0.367 e. The summed E-state index contributed by atoms with van der Waals surface area (Å²) < 4.78 is 41.2. The number of anilines is 1. The highest BCUT2D eigenvalue weighted by atomic mass is 19.1. The van der Waals surface area contributed by atoms with Crippen LogP contribution in [-0.2, 0) is 0 Å². The molecule has 1 aliphatic rings. The van der Waals surface area contributed by atoms with Gasteiger partial charge in [-0.2, -0.15) is 0 Å². The predicted octanol–water partition coefficient (Wildman–Crippen LogP) is 3.33. The summed E-state index contributed by atoms with van der Waals surface area (Å²) in [5, 5.41) is 0. The van der Waals surface area contributed by atoms with E-state index in [1.165, 1.54) is 12.1 Å². The van der Waals surface area contributed by atoms with Crippen LogP contribution < -0.4 is 4.90 Å². The average Bonchev–Trinajstić information content (AvgIpc) is 2.89. The highest BCUT2D eigenvalue weighted by molar-refractivity contribution is 5.50. The molecule has 112 valence electrons. The molecule has 1 aromatic carbocycles. The molecule has 0 N–H and O–H groups in total. The normalized spacial score (nSPS) is 20.6. The van der Waals surface area contributed by atoms with Gasteiger partial charge in [-0.25, -0.2) is 18.2 Å². The standard InChI is InChI=1S/C17H13F3N2/c18-13-9-14(19)11-16(10-13)22-8-6-17(20,12-22)5-4-15-3-1-2-7-21-15/h1-3,7,9-11H,6,8,12H2. The lowest BCUT2D eigenvalue weighted by Crippen LogP contribution is -2.27. The van der Waals surface area contributed by atoms with Gasteiger partial charge in [-0.05, 0) is 30.2 Å². The minimum Gasteiger partial charge on any atom is -0.367 e. The van der Waals surface area contributed by atoms with Crippen molar-refractivity contribution in [3.63, 3.8) is 0 Å². The highest BCUT2D eigenvalue weighted by Crippen LogP contribution is 2.30. The first-order valence-corrected chi connectivity index (χ1v) is 6.88. The van der Waals surface area contributed by atoms with E-state index >= 15 is 0 Å². The van der Waals surface area contributed by atoms with Gasteiger partial charge in [0.1, 0.15) is 17.3 Å². The van der Waals surface area contributed by atoms with E-state index in [9.17, 15) is 13.2 Å². The minimum atomic E-state index is -1.71. The van der Waals surface area contributed by atoms with Crippen molar-refractivity contribution >= 4 is 5.69 Å². The van der Waals surface area contributed by atoms with Crippen molar-refractivity contribution in [1.82, 2.24) is 4.98 Å². The molecule has 2 heterocycles. The molecule has 1 unspecified atom stereocenters. The van der Waals surface area contributed by atoms with Crippen LogP contribution in [0.15, 0.2) is 42.6 Å². The monoisotopic (exact) mass is 302 g/mol. The van der Waals surface area contributed by atoms with Crippen molar-refractivity contribution in [1.29, 1.82) is 0 Å². The Bertz CT molecular complexity index is 716. The van der Waals surface area contributed by atoms with Gasteiger partial charge in [-0.15, -0.1) is 0 Å². The lowest BCUT2D eigenvalue weighted by molar-refractivity contribution is 0.274. The lowest BCUT2D eigenvalue weighted by Gasteiger charge is -2.19. The highest BCUT2D eigenvalue weighted by Gasteiger charge is 2.37. The number of hydrogen-bond acceptors (Lipinski definition) is 2. The zero-order valence-corrected chi connectivity index (χ0v) is 11.7. The molecule has 1 aromatic heterocycles. The molecule has 1 fully saturated rings. The fourth-order valence-corrected chi connectivity index (χ4v) is 2.43. The second kappa shape index (κ2) is 5.72. The Morgan fingerprint density at radius 1 is 1.14 bits per heavy atom. The third kappa shape index (κ3) is 3.22. The molecule has 22 heavy (non-hydrogen) atoms. The van der Waals surface area contributed by atoms with Crippen molar-refractivity contribution in [2.45, 2.75) is 12.1 Å². The van der Waals surface area contributed by atoms with E-state index in [-0.39, 0.29) is 13.0 Å². The molecule has 0 saturated carbocycles. The maximum atomic E-state index is 14.7. The summed E-state index contributed by atoms with van der Waals surface area (Å²) in [5.41, 5.74) is -0.883. The lowest BCUT2D eigenvalue weighted by atomic mass is 10.1. The van der Waals surface area contributed by atoms with Gasteiger partial charge in [0.25, 0.3) is 0 Å². The molecule has 5 heteroatoms. The third-order valence-electron chi connectivity index (χ3n) is 3.51. The first-order chi connectivity index (χ1) is 10.5. The number of hydrogen-bond donors (Lipinski definition) is 0. The molecule has 0 aliphatic carbocycles. The molecule has 1 saturated heterocycles. The van der Waals surface area contributed by atoms with Crippen LogP contribution >= 0.6 is 0 Å². The van der Waals surface area contributed by atoms with Crippen LogP contribution in [0.3, 0.4) is 0 Å². The molecule has 0 spiro atoms.